The molecule has 0 amide bonds. The van der Waals surface area contributed by atoms with Crippen LogP contribution in [0.5, 0.6) is 0 Å². The third-order valence-corrected chi connectivity index (χ3v) is 6.38. The van der Waals surface area contributed by atoms with Crippen LogP contribution in [0, 0.1) is 0 Å². The summed E-state index contributed by atoms with van der Waals surface area (Å²) in [5.74, 6) is 1.24. The van der Waals surface area contributed by atoms with E-state index in [9.17, 15) is 0 Å². The molecule has 0 bridgehead atoms. The van der Waals surface area contributed by atoms with Crippen molar-refractivity contribution in [3.8, 4) is 0 Å². The van der Waals surface area contributed by atoms with Gasteiger partial charge in [-0.25, -0.2) is 0 Å². The van der Waals surface area contributed by atoms with Gasteiger partial charge >= 0.3 is 0 Å². The minimum atomic E-state index is 0.399. The largest absolute Gasteiger partial charge is 0.359 e. The van der Waals surface area contributed by atoms with E-state index in [2.05, 4.69) is 17.1 Å². The van der Waals surface area contributed by atoms with Crippen molar-refractivity contribution in [1.29, 1.82) is 0 Å². The second-order valence-electron chi connectivity index (χ2n) is 6.85. The molecule has 0 aromatic rings. The molecule has 2 saturated heterocycles. The molecule has 1 saturated carbocycles. The number of amidine groups is 1. The molecular weight excluding hydrogens is 266 g/mol. The predicted molar refractivity (Wildman–Crippen MR) is 88.6 cm³/mol. The number of likely N-dealkylation sites (tertiary alicyclic amines) is 1. The molecule has 114 valence electrons. The van der Waals surface area contributed by atoms with Crippen LogP contribution in [0.4, 0.5) is 0 Å². The van der Waals surface area contributed by atoms with Crippen LogP contribution < -0.4 is 5.32 Å². The average molecular weight is 295 g/mol. The van der Waals surface area contributed by atoms with Gasteiger partial charge in [-0.15, -0.1) is 0 Å². The minimum absolute atomic E-state index is 0.399. The number of nitrogens with zero attached hydrogens (tertiary/aromatic N) is 2. The molecule has 3 rings (SSSR count). The van der Waals surface area contributed by atoms with E-state index in [1.807, 2.05) is 11.8 Å². The smallest absolute Gasteiger partial charge is 0.157 e. The zero-order valence-electron chi connectivity index (χ0n) is 12.9. The van der Waals surface area contributed by atoms with Crippen LogP contribution in [0.15, 0.2) is 4.99 Å². The minimum Gasteiger partial charge on any atom is -0.359 e. The van der Waals surface area contributed by atoms with Gasteiger partial charge in [0.2, 0.25) is 0 Å². The molecular formula is C16H29N3S. The fourth-order valence-electron chi connectivity index (χ4n) is 3.78. The van der Waals surface area contributed by atoms with Gasteiger partial charge in [0.25, 0.3) is 0 Å². The lowest BCUT2D eigenvalue weighted by Crippen LogP contribution is -2.45. The molecule has 1 aliphatic carbocycles. The molecule has 3 nitrogen and oxygen atoms in total. The molecule has 3 fully saturated rings. The van der Waals surface area contributed by atoms with E-state index >= 15 is 0 Å². The second kappa shape index (κ2) is 6.69. The molecule has 2 heterocycles. The lowest BCUT2D eigenvalue weighted by Gasteiger charge is -2.33. The molecule has 1 unspecified atom stereocenters. The molecule has 0 radical (unpaired) electrons. The van der Waals surface area contributed by atoms with Gasteiger partial charge in [-0.2, -0.15) is 0 Å². The number of hydrogen-bond acceptors (Lipinski definition) is 3. The normalized spacial score (nSPS) is 30.6. The summed E-state index contributed by atoms with van der Waals surface area (Å²) in [7, 11) is 0. The number of piperidine rings is 1. The van der Waals surface area contributed by atoms with Crippen molar-refractivity contribution < 1.29 is 0 Å². The zero-order valence-corrected chi connectivity index (χ0v) is 13.7. The van der Waals surface area contributed by atoms with E-state index in [4.69, 9.17) is 4.99 Å². The van der Waals surface area contributed by atoms with E-state index in [1.165, 1.54) is 75.4 Å². The Balaban J connectivity index is 1.49. The quantitative estimate of drug-likeness (QED) is 0.866. The third kappa shape index (κ3) is 3.51. The predicted octanol–water partition coefficient (Wildman–Crippen LogP) is 3.26. The van der Waals surface area contributed by atoms with Crippen molar-refractivity contribution in [1.82, 2.24) is 10.2 Å². The highest BCUT2D eigenvalue weighted by Crippen LogP contribution is 2.36. The molecule has 4 heteroatoms. The molecule has 3 aliphatic rings. The van der Waals surface area contributed by atoms with Crippen LogP contribution in [0.25, 0.3) is 0 Å². The Bertz CT molecular complexity index is 344. The zero-order chi connectivity index (χ0) is 13.8. The Hall–Kier alpha value is -0.220. The number of rotatable bonds is 3. The third-order valence-electron chi connectivity index (χ3n) is 5.18. The first-order chi connectivity index (χ1) is 9.77. The summed E-state index contributed by atoms with van der Waals surface area (Å²) in [5, 5.41) is 4.98. The highest BCUT2D eigenvalue weighted by atomic mass is 32.2. The van der Waals surface area contributed by atoms with Crippen molar-refractivity contribution >= 4 is 16.9 Å². The Labute approximate surface area is 128 Å². The van der Waals surface area contributed by atoms with Gasteiger partial charge in [0.1, 0.15) is 0 Å². The van der Waals surface area contributed by atoms with Gasteiger partial charge in [0.05, 0.1) is 6.54 Å². The number of nitrogens with one attached hydrogen (secondary N) is 1. The summed E-state index contributed by atoms with van der Waals surface area (Å²) in [6.45, 7) is 5.85. The SMILES string of the molecule is CC(CN=C1NC2(CCCCC2)CS1)N1CCCCC1. The maximum absolute atomic E-state index is 4.87. The first-order valence-electron chi connectivity index (χ1n) is 8.47. The Kier molecular flexibility index (Phi) is 4.92. The van der Waals surface area contributed by atoms with Crippen LogP contribution in [0.3, 0.4) is 0 Å². The van der Waals surface area contributed by atoms with Crippen LogP contribution in [0.2, 0.25) is 0 Å². The van der Waals surface area contributed by atoms with Crippen LogP contribution in [0.1, 0.15) is 58.3 Å². The second-order valence-corrected chi connectivity index (χ2v) is 7.81. The standard InChI is InChI=1S/C16H29N3S/c1-14(19-10-6-3-7-11-19)12-17-15-18-16(13-20-15)8-4-2-5-9-16/h14H,2-13H2,1H3,(H,17,18). The summed E-state index contributed by atoms with van der Waals surface area (Å²) in [6, 6.07) is 0.605. The van der Waals surface area contributed by atoms with E-state index in [0.717, 1.165) is 6.54 Å². The van der Waals surface area contributed by atoms with Crippen molar-refractivity contribution in [2.45, 2.75) is 69.9 Å². The molecule has 0 aromatic heterocycles. The van der Waals surface area contributed by atoms with E-state index in [-0.39, 0.29) is 0 Å². The fraction of sp³-hybridized carbons (Fsp3) is 0.938. The van der Waals surface area contributed by atoms with Crippen LogP contribution in [-0.2, 0) is 0 Å². The molecule has 1 atom stereocenters. The van der Waals surface area contributed by atoms with E-state index < -0.39 is 0 Å². The Morgan fingerprint density at radius 1 is 1.15 bits per heavy atom. The molecule has 2 aliphatic heterocycles. The summed E-state index contributed by atoms with van der Waals surface area (Å²) in [5.41, 5.74) is 0.399. The summed E-state index contributed by atoms with van der Waals surface area (Å²) in [4.78, 5) is 7.49. The average Bonchev–Trinajstić information content (AvgIpc) is 2.89. The molecule has 0 aromatic carbocycles. The van der Waals surface area contributed by atoms with Gasteiger partial charge in [0.15, 0.2) is 5.17 Å². The summed E-state index contributed by atoms with van der Waals surface area (Å²) in [6.07, 6.45) is 11.1. The van der Waals surface area contributed by atoms with E-state index in [0.29, 0.717) is 11.6 Å². The number of aliphatic imine (C=N–C) groups is 1. The monoisotopic (exact) mass is 295 g/mol. The number of hydrogen-bond donors (Lipinski definition) is 1. The molecule has 1 N–H and O–H groups in total. The lowest BCUT2D eigenvalue weighted by atomic mass is 9.83. The van der Waals surface area contributed by atoms with Crippen molar-refractivity contribution in [2.24, 2.45) is 4.99 Å². The first-order valence-corrected chi connectivity index (χ1v) is 9.46. The summed E-state index contributed by atoms with van der Waals surface area (Å²) < 4.78 is 0. The maximum atomic E-state index is 4.87. The van der Waals surface area contributed by atoms with Crippen molar-refractivity contribution in [3.63, 3.8) is 0 Å². The van der Waals surface area contributed by atoms with Crippen LogP contribution in [-0.4, -0.2) is 47.0 Å². The lowest BCUT2D eigenvalue weighted by molar-refractivity contribution is 0.178. The Morgan fingerprint density at radius 2 is 1.85 bits per heavy atom. The van der Waals surface area contributed by atoms with Crippen molar-refractivity contribution in [2.75, 3.05) is 25.4 Å². The highest BCUT2D eigenvalue weighted by Gasteiger charge is 2.38. The van der Waals surface area contributed by atoms with E-state index in [1.54, 1.807) is 0 Å². The van der Waals surface area contributed by atoms with Crippen molar-refractivity contribution in [3.05, 3.63) is 0 Å². The topological polar surface area (TPSA) is 27.6 Å². The van der Waals surface area contributed by atoms with Gasteiger partial charge < -0.3 is 5.32 Å². The fourth-order valence-corrected chi connectivity index (χ4v) is 5.01. The van der Waals surface area contributed by atoms with Crippen LogP contribution >= 0.6 is 11.8 Å². The first kappa shape index (κ1) is 14.7. The molecule has 20 heavy (non-hydrogen) atoms. The van der Waals surface area contributed by atoms with Gasteiger partial charge in [-0.05, 0) is 45.7 Å². The number of thioether (sulfide) groups is 1. The highest BCUT2D eigenvalue weighted by molar-refractivity contribution is 8.14. The van der Waals surface area contributed by atoms with Gasteiger partial charge in [-0.3, -0.25) is 9.89 Å². The summed E-state index contributed by atoms with van der Waals surface area (Å²) >= 11 is 1.96. The van der Waals surface area contributed by atoms with Gasteiger partial charge in [0, 0.05) is 17.3 Å². The molecule has 1 spiro atoms. The van der Waals surface area contributed by atoms with Gasteiger partial charge in [-0.1, -0.05) is 37.4 Å². The maximum Gasteiger partial charge on any atom is 0.157 e. The Morgan fingerprint density at radius 3 is 2.60 bits per heavy atom.